The number of hydrogen-bond acceptors (Lipinski definition) is 1. The summed E-state index contributed by atoms with van der Waals surface area (Å²) in [6.07, 6.45) is 0. The molecule has 0 aliphatic carbocycles. The second-order valence-corrected chi connectivity index (χ2v) is 5.88. The molecule has 0 aromatic heterocycles. The minimum Gasteiger partial charge on any atom is -0.312 e. The smallest absolute Gasteiger partial charge is 0.237 e. The molecule has 0 heterocycles. The van der Waals surface area contributed by atoms with E-state index in [4.69, 9.17) is 0 Å². The lowest BCUT2D eigenvalue weighted by atomic mass is 9.82. The molecule has 1 amide bonds. The predicted molar refractivity (Wildman–Crippen MR) is 88.7 cm³/mol. The second-order valence-electron chi connectivity index (χ2n) is 5.88. The molecule has 0 fully saturated rings. The molecule has 0 aliphatic heterocycles. The second kappa shape index (κ2) is 6.13. The van der Waals surface area contributed by atoms with Crippen LogP contribution in [0.25, 0.3) is 0 Å². The summed E-state index contributed by atoms with van der Waals surface area (Å²) in [6, 6.07) is 18.1. The fourth-order valence-corrected chi connectivity index (χ4v) is 2.48. The topological polar surface area (TPSA) is 20.3 Å². The van der Waals surface area contributed by atoms with E-state index in [9.17, 15) is 4.79 Å². The molecule has 2 aromatic rings. The number of nitrogens with zero attached hydrogens (tertiary/aromatic N) is 1. The Hall–Kier alpha value is -2.09. The van der Waals surface area contributed by atoms with E-state index in [0.717, 1.165) is 11.3 Å². The van der Waals surface area contributed by atoms with Gasteiger partial charge in [0.2, 0.25) is 5.91 Å². The van der Waals surface area contributed by atoms with Gasteiger partial charge >= 0.3 is 0 Å². The first-order chi connectivity index (χ1) is 9.96. The van der Waals surface area contributed by atoms with Crippen molar-refractivity contribution in [2.75, 3.05) is 11.4 Å². The van der Waals surface area contributed by atoms with E-state index in [-0.39, 0.29) is 5.91 Å². The molecule has 110 valence electrons. The molecular formula is C19H23NO. The number of aryl methyl sites for hydroxylation is 1. The van der Waals surface area contributed by atoms with E-state index in [2.05, 4.69) is 19.1 Å². The van der Waals surface area contributed by atoms with E-state index in [1.54, 1.807) is 0 Å². The first-order valence-corrected chi connectivity index (χ1v) is 7.41. The SMILES string of the molecule is CCN(C(=O)C(C)(C)c1ccc(C)cc1)c1ccccc1. The molecule has 2 aromatic carbocycles. The van der Waals surface area contributed by atoms with Crippen LogP contribution in [0, 0.1) is 6.92 Å². The van der Waals surface area contributed by atoms with Gasteiger partial charge in [0.05, 0.1) is 5.41 Å². The number of amides is 1. The lowest BCUT2D eigenvalue weighted by Crippen LogP contribution is -2.43. The first kappa shape index (κ1) is 15.3. The van der Waals surface area contributed by atoms with E-state index in [1.807, 2.05) is 68.1 Å². The number of anilines is 1. The highest BCUT2D eigenvalue weighted by atomic mass is 16.2. The number of carbonyl (C=O) groups is 1. The van der Waals surface area contributed by atoms with Crippen molar-refractivity contribution in [1.82, 2.24) is 0 Å². The Labute approximate surface area is 127 Å². The maximum Gasteiger partial charge on any atom is 0.237 e. The minimum absolute atomic E-state index is 0.125. The third kappa shape index (κ3) is 3.15. The fourth-order valence-electron chi connectivity index (χ4n) is 2.48. The quantitative estimate of drug-likeness (QED) is 0.817. The van der Waals surface area contributed by atoms with Crippen LogP contribution < -0.4 is 4.90 Å². The Bertz CT molecular complexity index is 599. The van der Waals surface area contributed by atoms with Crippen LogP contribution >= 0.6 is 0 Å². The zero-order chi connectivity index (χ0) is 15.5. The van der Waals surface area contributed by atoms with Crippen molar-refractivity contribution in [3.8, 4) is 0 Å². The van der Waals surface area contributed by atoms with E-state index < -0.39 is 5.41 Å². The summed E-state index contributed by atoms with van der Waals surface area (Å²) in [7, 11) is 0. The van der Waals surface area contributed by atoms with Crippen LogP contribution in [0.15, 0.2) is 54.6 Å². The average Bonchev–Trinajstić information content (AvgIpc) is 2.49. The molecule has 0 radical (unpaired) electrons. The Kier molecular flexibility index (Phi) is 4.46. The van der Waals surface area contributed by atoms with Gasteiger partial charge in [-0.2, -0.15) is 0 Å². The van der Waals surface area contributed by atoms with Crippen LogP contribution in [0.4, 0.5) is 5.69 Å². The first-order valence-electron chi connectivity index (χ1n) is 7.41. The predicted octanol–water partition coefficient (Wildman–Crippen LogP) is 4.33. The van der Waals surface area contributed by atoms with E-state index in [1.165, 1.54) is 5.56 Å². The molecule has 2 heteroatoms. The molecule has 21 heavy (non-hydrogen) atoms. The highest BCUT2D eigenvalue weighted by molar-refractivity contribution is 6.00. The number of benzene rings is 2. The third-order valence-electron chi connectivity index (χ3n) is 3.94. The summed E-state index contributed by atoms with van der Waals surface area (Å²) in [6.45, 7) is 8.71. The standard InChI is InChI=1S/C19H23NO/c1-5-20(17-9-7-6-8-10-17)18(21)19(3,4)16-13-11-15(2)12-14-16/h6-14H,5H2,1-4H3. The van der Waals surface area contributed by atoms with Gasteiger partial charge in [0.15, 0.2) is 0 Å². The van der Waals surface area contributed by atoms with Crippen molar-refractivity contribution >= 4 is 11.6 Å². The summed E-state index contributed by atoms with van der Waals surface area (Å²) in [4.78, 5) is 14.9. The highest BCUT2D eigenvalue weighted by Crippen LogP contribution is 2.28. The van der Waals surface area contributed by atoms with Crippen molar-refractivity contribution < 1.29 is 4.79 Å². The molecule has 2 nitrogen and oxygen atoms in total. The number of rotatable bonds is 4. The number of hydrogen-bond donors (Lipinski definition) is 0. The van der Waals surface area contributed by atoms with Crippen molar-refractivity contribution in [3.05, 3.63) is 65.7 Å². The fraction of sp³-hybridized carbons (Fsp3) is 0.316. The lowest BCUT2D eigenvalue weighted by molar-refractivity contribution is -0.123. The highest BCUT2D eigenvalue weighted by Gasteiger charge is 2.33. The van der Waals surface area contributed by atoms with Crippen molar-refractivity contribution in [2.45, 2.75) is 33.1 Å². The van der Waals surface area contributed by atoms with Crippen LogP contribution in [0.5, 0.6) is 0 Å². The molecule has 0 saturated heterocycles. The normalized spacial score (nSPS) is 11.2. The summed E-state index contributed by atoms with van der Waals surface area (Å²) in [5.74, 6) is 0.125. The Morgan fingerprint density at radius 1 is 1.00 bits per heavy atom. The molecule has 0 atom stereocenters. The van der Waals surface area contributed by atoms with E-state index >= 15 is 0 Å². The molecule has 0 N–H and O–H groups in total. The maximum atomic E-state index is 13.0. The maximum absolute atomic E-state index is 13.0. The summed E-state index contributed by atoms with van der Waals surface area (Å²) in [5.41, 5.74) is 2.66. The molecule has 0 spiro atoms. The Balaban J connectivity index is 2.34. The van der Waals surface area contributed by atoms with Crippen LogP contribution in [0.3, 0.4) is 0 Å². The van der Waals surface area contributed by atoms with Gasteiger partial charge in [0, 0.05) is 12.2 Å². The zero-order valence-corrected chi connectivity index (χ0v) is 13.3. The molecule has 0 aliphatic rings. The molecule has 0 saturated carbocycles. The van der Waals surface area contributed by atoms with Gasteiger partial charge in [-0.3, -0.25) is 4.79 Å². The molecule has 0 unspecified atom stereocenters. The third-order valence-corrected chi connectivity index (χ3v) is 3.94. The molecular weight excluding hydrogens is 258 g/mol. The van der Waals surface area contributed by atoms with Crippen LogP contribution in [0.1, 0.15) is 31.9 Å². The van der Waals surface area contributed by atoms with Gasteiger partial charge in [-0.05, 0) is 45.4 Å². The van der Waals surface area contributed by atoms with Gasteiger partial charge in [0.1, 0.15) is 0 Å². The van der Waals surface area contributed by atoms with Crippen LogP contribution in [-0.4, -0.2) is 12.5 Å². The van der Waals surface area contributed by atoms with Crippen molar-refractivity contribution in [2.24, 2.45) is 0 Å². The van der Waals surface area contributed by atoms with Crippen molar-refractivity contribution in [1.29, 1.82) is 0 Å². The molecule has 2 rings (SSSR count). The number of carbonyl (C=O) groups excluding carboxylic acids is 1. The van der Waals surface area contributed by atoms with Gasteiger partial charge < -0.3 is 4.90 Å². The summed E-state index contributed by atoms with van der Waals surface area (Å²) >= 11 is 0. The summed E-state index contributed by atoms with van der Waals surface area (Å²) in [5, 5.41) is 0. The van der Waals surface area contributed by atoms with Crippen molar-refractivity contribution in [3.63, 3.8) is 0 Å². The minimum atomic E-state index is -0.542. The summed E-state index contributed by atoms with van der Waals surface area (Å²) < 4.78 is 0. The van der Waals surface area contributed by atoms with Gasteiger partial charge in [0.25, 0.3) is 0 Å². The lowest BCUT2D eigenvalue weighted by Gasteiger charge is -2.32. The Morgan fingerprint density at radius 3 is 2.10 bits per heavy atom. The largest absolute Gasteiger partial charge is 0.312 e. The van der Waals surface area contributed by atoms with Crippen LogP contribution in [0.2, 0.25) is 0 Å². The Morgan fingerprint density at radius 2 is 1.57 bits per heavy atom. The van der Waals surface area contributed by atoms with E-state index in [0.29, 0.717) is 6.54 Å². The van der Waals surface area contributed by atoms with Gasteiger partial charge in [-0.15, -0.1) is 0 Å². The van der Waals surface area contributed by atoms with Gasteiger partial charge in [-0.1, -0.05) is 48.0 Å². The molecule has 0 bridgehead atoms. The monoisotopic (exact) mass is 281 g/mol. The van der Waals surface area contributed by atoms with Gasteiger partial charge in [-0.25, -0.2) is 0 Å². The number of likely N-dealkylation sites (N-methyl/N-ethyl adjacent to an activating group) is 1. The number of para-hydroxylation sites is 1. The zero-order valence-electron chi connectivity index (χ0n) is 13.3. The van der Waals surface area contributed by atoms with Crippen LogP contribution in [-0.2, 0) is 10.2 Å². The average molecular weight is 281 g/mol.